The summed E-state index contributed by atoms with van der Waals surface area (Å²) in [4.78, 5) is 40.3. The molecule has 3 aliphatic heterocycles. The molecule has 0 radical (unpaired) electrons. The fraction of sp³-hybridized carbons (Fsp3) is 0.478. The largest absolute Gasteiger partial charge is 0.322 e. The maximum Gasteiger partial charge on any atom is 0.255 e. The third-order valence-electron chi connectivity index (χ3n) is 6.98. The number of hydrogen-bond donors (Lipinski definition) is 1. The number of rotatable bonds is 4. The van der Waals surface area contributed by atoms with Gasteiger partial charge >= 0.3 is 0 Å². The van der Waals surface area contributed by atoms with Gasteiger partial charge < -0.3 is 4.90 Å². The summed E-state index contributed by atoms with van der Waals surface area (Å²) in [5.41, 5.74) is 2.89. The van der Waals surface area contributed by atoms with E-state index in [1.54, 1.807) is 6.20 Å². The maximum absolute atomic E-state index is 15.0. The summed E-state index contributed by atoms with van der Waals surface area (Å²) in [5, 5.41) is 6.51. The van der Waals surface area contributed by atoms with E-state index in [-0.39, 0.29) is 36.5 Å². The van der Waals surface area contributed by atoms with Crippen LogP contribution < -0.4 is 5.32 Å². The molecule has 5 rings (SSSR count). The summed E-state index contributed by atoms with van der Waals surface area (Å²) in [6.07, 6.45) is 3.99. The highest BCUT2D eigenvalue weighted by Crippen LogP contribution is 2.35. The van der Waals surface area contributed by atoms with Crippen LogP contribution in [0.5, 0.6) is 0 Å². The van der Waals surface area contributed by atoms with Gasteiger partial charge in [-0.05, 0) is 61.5 Å². The lowest BCUT2D eigenvalue weighted by Crippen LogP contribution is -2.52. The molecular weight excluding hydrogens is 413 g/mol. The van der Waals surface area contributed by atoms with Crippen LogP contribution in [0.4, 0.5) is 4.39 Å². The lowest BCUT2D eigenvalue weighted by Gasteiger charge is -2.32. The van der Waals surface area contributed by atoms with Gasteiger partial charge in [-0.25, -0.2) is 4.39 Å². The quantitative estimate of drug-likeness (QED) is 0.733. The van der Waals surface area contributed by atoms with Crippen LogP contribution in [0.3, 0.4) is 0 Å². The van der Waals surface area contributed by atoms with E-state index in [1.807, 2.05) is 23.9 Å². The van der Waals surface area contributed by atoms with Crippen LogP contribution in [0.2, 0.25) is 0 Å². The highest BCUT2D eigenvalue weighted by atomic mass is 19.1. The minimum atomic E-state index is -0.686. The predicted octanol–water partition coefficient (Wildman–Crippen LogP) is 1.70. The number of hydrogen-bond acceptors (Lipinski definition) is 5. The predicted molar refractivity (Wildman–Crippen MR) is 113 cm³/mol. The SMILES string of the molecule is Cn1nccc1CN1CCC(c2cc3c(cc2F)C(=O)N(C2CCC(=O)NC2=O)C3)CC1. The number of aromatic nitrogens is 2. The molecule has 1 aromatic heterocycles. The average molecular weight is 439 g/mol. The average Bonchev–Trinajstić information content (AvgIpc) is 3.31. The Kier molecular flexibility index (Phi) is 5.28. The van der Waals surface area contributed by atoms with Crippen molar-refractivity contribution < 1.29 is 18.8 Å². The van der Waals surface area contributed by atoms with Crippen molar-refractivity contribution >= 4 is 17.7 Å². The number of imide groups is 1. The van der Waals surface area contributed by atoms with Gasteiger partial charge in [0.25, 0.3) is 5.91 Å². The molecule has 1 unspecified atom stereocenters. The van der Waals surface area contributed by atoms with Gasteiger partial charge in [-0.1, -0.05) is 6.07 Å². The van der Waals surface area contributed by atoms with Gasteiger partial charge in [0.1, 0.15) is 11.9 Å². The second-order valence-electron chi connectivity index (χ2n) is 8.93. The molecule has 2 fully saturated rings. The number of likely N-dealkylation sites (tertiary alicyclic amines) is 1. The number of halogens is 1. The Morgan fingerprint density at radius 2 is 1.94 bits per heavy atom. The molecule has 1 N–H and O–H groups in total. The first kappa shape index (κ1) is 20.8. The Balaban J connectivity index is 1.28. The Hall–Kier alpha value is -3.07. The van der Waals surface area contributed by atoms with E-state index < -0.39 is 11.9 Å². The maximum atomic E-state index is 15.0. The van der Waals surface area contributed by atoms with Crippen LogP contribution in [-0.4, -0.2) is 56.4 Å². The van der Waals surface area contributed by atoms with Gasteiger partial charge in [-0.3, -0.25) is 29.3 Å². The molecule has 2 saturated heterocycles. The van der Waals surface area contributed by atoms with Crippen molar-refractivity contribution in [2.75, 3.05) is 13.1 Å². The molecule has 0 bridgehead atoms. The summed E-state index contributed by atoms with van der Waals surface area (Å²) in [7, 11) is 1.93. The molecule has 168 valence electrons. The number of nitrogens with one attached hydrogen (secondary N) is 1. The van der Waals surface area contributed by atoms with Gasteiger partial charge in [0.15, 0.2) is 0 Å². The molecule has 1 atom stereocenters. The minimum Gasteiger partial charge on any atom is -0.322 e. The number of carbonyl (C=O) groups is 3. The lowest BCUT2D eigenvalue weighted by molar-refractivity contribution is -0.136. The molecule has 0 saturated carbocycles. The smallest absolute Gasteiger partial charge is 0.255 e. The molecule has 0 spiro atoms. The molecule has 3 aliphatic rings. The van der Waals surface area contributed by atoms with Gasteiger partial charge in [0.05, 0.1) is 5.69 Å². The van der Waals surface area contributed by atoms with Crippen molar-refractivity contribution in [3.63, 3.8) is 0 Å². The summed E-state index contributed by atoms with van der Waals surface area (Å²) < 4.78 is 16.9. The number of carbonyl (C=O) groups excluding carboxylic acids is 3. The first-order valence-corrected chi connectivity index (χ1v) is 11.1. The van der Waals surface area contributed by atoms with E-state index in [9.17, 15) is 14.4 Å². The minimum absolute atomic E-state index is 0.0999. The Morgan fingerprint density at radius 1 is 1.16 bits per heavy atom. The molecular formula is C23H26FN5O3. The van der Waals surface area contributed by atoms with Crippen LogP contribution in [0, 0.1) is 5.82 Å². The van der Waals surface area contributed by atoms with Gasteiger partial charge in [0.2, 0.25) is 11.8 Å². The Labute approximate surface area is 185 Å². The zero-order valence-electron chi connectivity index (χ0n) is 18.0. The number of nitrogens with zero attached hydrogens (tertiary/aromatic N) is 4. The van der Waals surface area contributed by atoms with Crippen molar-refractivity contribution in [1.82, 2.24) is 24.9 Å². The van der Waals surface area contributed by atoms with E-state index in [0.29, 0.717) is 17.5 Å². The molecule has 1 aromatic carbocycles. The van der Waals surface area contributed by atoms with E-state index in [0.717, 1.165) is 43.7 Å². The Morgan fingerprint density at radius 3 is 2.62 bits per heavy atom. The topological polar surface area (TPSA) is 87.5 Å². The van der Waals surface area contributed by atoms with E-state index in [2.05, 4.69) is 15.3 Å². The van der Waals surface area contributed by atoms with Crippen molar-refractivity contribution in [2.24, 2.45) is 7.05 Å². The van der Waals surface area contributed by atoms with Crippen LogP contribution in [0.15, 0.2) is 24.4 Å². The number of amides is 3. The van der Waals surface area contributed by atoms with Crippen molar-refractivity contribution in [1.29, 1.82) is 0 Å². The monoisotopic (exact) mass is 439 g/mol. The van der Waals surface area contributed by atoms with Crippen molar-refractivity contribution in [2.45, 2.75) is 50.7 Å². The number of benzene rings is 1. The summed E-state index contributed by atoms with van der Waals surface area (Å²) >= 11 is 0. The highest BCUT2D eigenvalue weighted by Gasteiger charge is 2.40. The highest BCUT2D eigenvalue weighted by molar-refractivity contribution is 6.05. The van der Waals surface area contributed by atoms with Crippen LogP contribution >= 0.6 is 0 Å². The summed E-state index contributed by atoms with van der Waals surface area (Å²) in [6.45, 7) is 2.83. The molecule has 9 heteroatoms. The van der Waals surface area contributed by atoms with E-state index in [1.165, 1.54) is 11.0 Å². The van der Waals surface area contributed by atoms with Gasteiger partial charge in [-0.15, -0.1) is 0 Å². The van der Waals surface area contributed by atoms with Crippen molar-refractivity contribution in [3.8, 4) is 0 Å². The van der Waals surface area contributed by atoms with E-state index >= 15 is 4.39 Å². The third kappa shape index (κ3) is 3.70. The fourth-order valence-corrected chi connectivity index (χ4v) is 5.11. The first-order chi connectivity index (χ1) is 15.4. The third-order valence-corrected chi connectivity index (χ3v) is 6.98. The van der Waals surface area contributed by atoms with E-state index in [4.69, 9.17) is 0 Å². The van der Waals surface area contributed by atoms with Crippen LogP contribution in [0.1, 0.15) is 58.8 Å². The molecule has 8 nitrogen and oxygen atoms in total. The molecule has 32 heavy (non-hydrogen) atoms. The number of piperidine rings is 2. The normalized spacial score (nSPS) is 22.4. The molecule has 3 amide bonds. The Bertz CT molecular complexity index is 1090. The number of aryl methyl sites for hydroxylation is 1. The van der Waals surface area contributed by atoms with Crippen LogP contribution in [0.25, 0.3) is 0 Å². The standard InChI is InChI=1S/C23H26FN5O3/c1-27-16(4-7-25-27)13-28-8-5-14(6-9-28)17-10-15-12-29(23(32)18(15)11-19(17)24)20-2-3-21(30)26-22(20)31/h4,7,10-11,14,20H,2-3,5-6,8-9,12-13H2,1H3,(H,26,30,31). The second kappa shape index (κ2) is 8.12. The van der Waals surface area contributed by atoms with Gasteiger partial charge in [-0.2, -0.15) is 5.10 Å². The molecule has 4 heterocycles. The summed E-state index contributed by atoms with van der Waals surface area (Å²) in [6, 6.07) is 4.48. The molecule has 2 aromatic rings. The lowest BCUT2D eigenvalue weighted by atomic mass is 9.87. The van der Waals surface area contributed by atoms with Crippen LogP contribution in [-0.2, 0) is 29.7 Å². The van der Waals surface area contributed by atoms with Gasteiger partial charge in [0, 0.05) is 38.3 Å². The second-order valence-corrected chi connectivity index (χ2v) is 8.93. The zero-order chi connectivity index (χ0) is 22.4. The first-order valence-electron chi connectivity index (χ1n) is 11.1. The molecule has 0 aliphatic carbocycles. The fourth-order valence-electron chi connectivity index (χ4n) is 5.11. The summed E-state index contributed by atoms with van der Waals surface area (Å²) in [5.74, 6) is -1.37. The van der Waals surface area contributed by atoms with Crippen molar-refractivity contribution in [3.05, 3.63) is 52.6 Å². The number of fused-ring (bicyclic) bond motifs is 1. The zero-order valence-corrected chi connectivity index (χ0v) is 18.0.